The number of aromatic nitrogens is 2. The second kappa shape index (κ2) is 13.4. The highest BCUT2D eigenvalue weighted by Gasteiger charge is 2.29. The second-order valence-electron chi connectivity index (χ2n) is 10.6. The van der Waals surface area contributed by atoms with Gasteiger partial charge in [-0.15, -0.1) is 0 Å². The van der Waals surface area contributed by atoms with E-state index >= 15 is 0 Å². The maximum atomic E-state index is 13.9. The number of piperidine rings is 1. The Kier molecular flexibility index (Phi) is 8.94. The van der Waals surface area contributed by atoms with E-state index in [0.717, 1.165) is 30.6 Å². The molecule has 0 radical (unpaired) electrons. The van der Waals surface area contributed by atoms with Gasteiger partial charge in [0.1, 0.15) is 22.6 Å². The van der Waals surface area contributed by atoms with Gasteiger partial charge in [-0.3, -0.25) is 4.79 Å². The van der Waals surface area contributed by atoms with Crippen molar-refractivity contribution >= 4 is 43.9 Å². The van der Waals surface area contributed by atoms with E-state index in [4.69, 9.17) is 9.15 Å². The van der Waals surface area contributed by atoms with Gasteiger partial charge in [0.2, 0.25) is 15.9 Å². The zero-order chi connectivity index (χ0) is 31.2. The minimum atomic E-state index is -3.82. The number of sulfonamides is 1. The van der Waals surface area contributed by atoms with E-state index in [9.17, 15) is 13.2 Å². The normalized spacial score (nSPS) is 13.8. The molecule has 1 amide bonds. The molecule has 232 valence electrons. The third-order valence-corrected chi connectivity index (χ3v) is 9.54. The van der Waals surface area contributed by atoms with Crippen molar-refractivity contribution in [2.45, 2.75) is 24.2 Å². The summed E-state index contributed by atoms with van der Waals surface area (Å²) in [6.07, 6.45) is 5.56. The molecule has 0 unspecified atom stereocenters. The number of fused-ring (bicyclic) bond motifs is 1. The van der Waals surface area contributed by atoms with Crippen molar-refractivity contribution in [3.63, 3.8) is 0 Å². The van der Waals surface area contributed by atoms with Crippen LogP contribution in [-0.2, 0) is 10.0 Å². The van der Waals surface area contributed by atoms with Crippen molar-refractivity contribution in [1.29, 1.82) is 0 Å². The van der Waals surface area contributed by atoms with Crippen LogP contribution in [0.3, 0.4) is 0 Å². The minimum Gasteiger partial charge on any atom is -0.495 e. The summed E-state index contributed by atoms with van der Waals surface area (Å²) in [7, 11) is -2.39. The van der Waals surface area contributed by atoms with Gasteiger partial charge in [-0.25, -0.2) is 18.4 Å². The van der Waals surface area contributed by atoms with E-state index in [0.29, 0.717) is 54.0 Å². The van der Waals surface area contributed by atoms with Crippen LogP contribution in [0.15, 0.2) is 94.6 Å². The molecule has 0 saturated carbocycles. The Morgan fingerprint density at radius 1 is 0.911 bits per heavy atom. The van der Waals surface area contributed by atoms with Crippen LogP contribution in [0.1, 0.15) is 29.6 Å². The molecule has 0 atom stereocenters. The Hall–Kier alpha value is -4.94. The zero-order valence-electron chi connectivity index (χ0n) is 24.8. The van der Waals surface area contributed by atoms with Crippen LogP contribution in [0.25, 0.3) is 22.5 Å². The van der Waals surface area contributed by atoms with Gasteiger partial charge in [-0.1, -0.05) is 24.6 Å². The van der Waals surface area contributed by atoms with Gasteiger partial charge in [0.15, 0.2) is 0 Å². The molecule has 1 aliphatic heterocycles. The number of benzene rings is 3. The summed E-state index contributed by atoms with van der Waals surface area (Å²) >= 11 is 0. The van der Waals surface area contributed by atoms with Crippen LogP contribution in [0.4, 0.5) is 17.1 Å². The molecule has 3 N–H and O–H groups in total. The minimum absolute atomic E-state index is 0.0142. The quantitative estimate of drug-likeness (QED) is 0.154. The molecule has 0 aliphatic carbocycles. The molecule has 3 aromatic carbocycles. The Bertz CT molecular complexity index is 1890. The predicted octanol–water partition coefficient (Wildman–Crippen LogP) is 5.85. The fraction of sp³-hybridized carbons (Fsp3) is 0.242. The predicted molar refractivity (Wildman–Crippen MR) is 174 cm³/mol. The number of carbonyl (C=O) groups is 1. The summed E-state index contributed by atoms with van der Waals surface area (Å²) in [5.74, 6) is 0.0562. The molecule has 6 rings (SSSR count). The van der Waals surface area contributed by atoms with E-state index < -0.39 is 15.9 Å². The Morgan fingerprint density at radius 2 is 1.67 bits per heavy atom. The topological polar surface area (TPSA) is 139 Å². The van der Waals surface area contributed by atoms with Gasteiger partial charge in [-0.05, 0) is 67.4 Å². The lowest BCUT2D eigenvalue weighted by Crippen LogP contribution is -2.35. The largest absolute Gasteiger partial charge is 0.495 e. The number of hydrogen-bond acceptors (Lipinski definition) is 9. The first-order chi connectivity index (χ1) is 21.9. The third kappa shape index (κ3) is 6.76. The molecule has 0 spiro atoms. The van der Waals surface area contributed by atoms with E-state index in [2.05, 4.69) is 25.9 Å². The molecular formula is C33H34N6O5S. The summed E-state index contributed by atoms with van der Waals surface area (Å²) < 4.78 is 39.4. The molecule has 0 bridgehead atoms. The van der Waals surface area contributed by atoms with Crippen LogP contribution < -0.4 is 20.7 Å². The number of hydrogen-bond donors (Lipinski definition) is 3. The van der Waals surface area contributed by atoms with Crippen LogP contribution >= 0.6 is 0 Å². The number of para-hydroxylation sites is 1. The van der Waals surface area contributed by atoms with E-state index in [-0.39, 0.29) is 16.5 Å². The van der Waals surface area contributed by atoms with Gasteiger partial charge >= 0.3 is 0 Å². The summed E-state index contributed by atoms with van der Waals surface area (Å²) in [6, 6.07) is 21.8. The lowest BCUT2D eigenvalue weighted by Gasteiger charge is -2.26. The second-order valence-corrected chi connectivity index (χ2v) is 12.5. The van der Waals surface area contributed by atoms with Crippen molar-refractivity contribution in [3.05, 3.63) is 90.8 Å². The number of carbonyl (C=O) groups excluding carboxylic acids is 1. The third-order valence-electron chi connectivity index (χ3n) is 7.62. The highest BCUT2D eigenvalue weighted by Crippen LogP contribution is 2.32. The Balaban J connectivity index is 1.29. The first-order valence-electron chi connectivity index (χ1n) is 14.8. The number of nitrogens with one attached hydrogen (secondary N) is 3. The summed E-state index contributed by atoms with van der Waals surface area (Å²) in [6.45, 7) is 2.24. The fourth-order valence-electron chi connectivity index (χ4n) is 5.35. The maximum Gasteiger partial charge on any atom is 0.256 e. The van der Waals surface area contributed by atoms with Crippen molar-refractivity contribution < 1.29 is 22.4 Å². The summed E-state index contributed by atoms with van der Waals surface area (Å²) in [5.41, 5.74) is 3.47. The van der Waals surface area contributed by atoms with Gasteiger partial charge in [0.25, 0.3) is 5.91 Å². The van der Waals surface area contributed by atoms with Crippen LogP contribution in [0.5, 0.6) is 5.75 Å². The van der Waals surface area contributed by atoms with Gasteiger partial charge < -0.3 is 25.1 Å². The monoisotopic (exact) mass is 626 g/mol. The number of nitrogens with zero attached hydrogens (tertiary/aromatic N) is 3. The number of ether oxygens (including phenoxy) is 1. The number of anilines is 3. The molecule has 1 fully saturated rings. The smallest absolute Gasteiger partial charge is 0.256 e. The number of oxazole rings is 1. The average molecular weight is 627 g/mol. The highest BCUT2D eigenvalue weighted by atomic mass is 32.2. The Morgan fingerprint density at radius 3 is 2.40 bits per heavy atom. The standard InChI is InChI=1S/C33H34N6O5S/c1-43-30-13-11-25(21-31(30)45(41,42)39-17-6-3-7-18-39)37-32(40)27-22-29(33-36-16-19-44-33)38-28-12-10-24(20-26(27)28)35-15-14-34-23-8-4-2-5-9-23/h2,4-5,8-13,16,19-22,34-35H,3,6-7,14-15,17-18H2,1H3,(H,37,40). The van der Waals surface area contributed by atoms with Crippen molar-refractivity contribution in [1.82, 2.24) is 14.3 Å². The lowest BCUT2D eigenvalue weighted by atomic mass is 10.1. The highest BCUT2D eigenvalue weighted by molar-refractivity contribution is 7.89. The van der Waals surface area contributed by atoms with Crippen LogP contribution in [-0.4, -0.2) is 61.9 Å². The molecule has 12 heteroatoms. The van der Waals surface area contributed by atoms with Crippen molar-refractivity contribution in [2.75, 3.05) is 49.2 Å². The summed E-state index contributed by atoms with van der Waals surface area (Å²) in [5, 5.41) is 10.3. The molecule has 11 nitrogen and oxygen atoms in total. The van der Waals surface area contributed by atoms with E-state index in [1.807, 2.05) is 48.5 Å². The lowest BCUT2D eigenvalue weighted by molar-refractivity contribution is 0.102. The molecule has 1 aliphatic rings. The molecular weight excluding hydrogens is 592 g/mol. The number of pyridine rings is 1. The number of amides is 1. The van der Waals surface area contributed by atoms with Gasteiger partial charge in [0.05, 0.1) is 24.4 Å². The van der Waals surface area contributed by atoms with E-state index in [1.165, 1.54) is 29.9 Å². The first kappa shape index (κ1) is 30.1. The van der Waals surface area contributed by atoms with Crippen LogP contribution in [0.2, 0.25) is 0 Å². The fourth-order valence-corrected chi connectivity index (χ4v) is 7.05. The van der Waals surface area contributed by atoms with Crippen molar-refractivity contribution in [3.8, 4) is 17.3 Å². The zero-order valence-corrected chi connectivity index (χ0v) is 25.6. The molecule has 2 aromatic heterocycles. The SMILES string of the molecule is COc1ccc(NC(=O)c2cc(-c3ncco3)nc3ccc(NCCNc4ccccc4)cc23)cc1S(=O)(=O)N1CCCCC1. The van der Waals surface area contributed by atoms with Gasteiger partial charge in [-0.2, -0.15) is 4.31 Å². The van der Waals surface area contributed by atoms with Crippen LogP contribution in [0, 0.1) is 0 Å². The molecule has 5 aromatic rings. The first-order valence-corrected chi connectivity index (χ1v) is 16.2. The average Bonchev–Trinajstić information content (AvgIpc) is 3.62. The van der Waals surface area contributed by atoms with Gasteiger partial charge in [0, 0.05) is 48.6 Å². The molecule has 45 heavy (non-hydrogen) atoms. The Labute approximate surface area is 261 Å². The molecule has 1 saturated heterocycles. The number of methoxy groups -OCH3 is 1. The summed E-state index contributed by atoms with van der Waals surface area (Å²) in [4.78, 5) is 22.8. The van der Waals surface area contributed by atoms with Crippen molar-refractivity contribution in [2.24, 2.45) is 0 Å². The maximum absolute atomic E-state index is 13.9. The van der Waals surface area contributed by atoms with E-state index in [1.54, 1.807) is 18.2 Å². The number of rotatable bonds is 11. The molecule has 3 heterocycles.